The van der Waals surface area contributed by atoms with Gasteiger partial charge in [-0.25, -0.2) is 0 Å². The maximum Gasteiger partial charge on any atom is 0.255 e. The first kappa shape index (κ1) is 17.6. The van der Waals surface area contributed by atoms with Crippen molar-refractivity contribution in [2.45, 2.75) is 52.6 Å². The number of hydrogen-bond acceptors (Lipinski definition) is 1. The molecule has 5 heteroatoms. The molecule has 0 aliphatic heterocycles. The molecule has 2 unspecified atom stereocenters. The van der Waals surface area contributed by atoms with E-state index in [2.05, 4.69) is 13.8 Å². The summed E-state index contributed by atoms with van der Waals surface area (Å²) in [7, 11) is 0. The SMILES string of the molecule is CCC(C)N(C(=O)c1cc(Cl)c(Cl)cc1Cl)C(C)CC. The summed E-state index contributed by atoms with van der Waals surface area (Å²) in [6.07, 6.45) is 1.77. The van der Waals surface area contributed by atoms with E-state index >= 15 is 0 Å². The Bertz CT molecular complexity index is 480. The molecule has 0 bridgehead atoms. The van der Waals surface area contributed by atoms with Gasteiger partial charge in [-0.3, -0.25) is 4.79 Å². The summed E-state index contributed by atoms with van der Waals surface area (Å²) >= 11 is 18.1. The summed E-state index contributed by atoms with van der Waals surface area (Å²) < 4.78 is 0. The predicted molar refractivity (Wildman–Crippen MR) is 87.1 cm³/mol. The Morgan fingerprint density at radius 3 is 1.90 bits per heavy atom. The lowest BCUT2D eigenvalue weighted by molar-refractivity contribution is 0.0598. The third-order valence-electron chi connectivity index (χ3n) is 3.61. The molecule has 0 saturated heterocycles. The fraction of sp³-hybridized carbons (Fsp3) is 0.533. The minimum atomic E-state index is -0.0998. The van der Waals surface area contributed by atoms with Crippen LogP contribution in [-0.2, 0) is 0 Å². The third kappa shape index (κ3) is 3.81. The second kappa shape index (κ2) is 7.53. The monoisotopic (exact) mass is 335 g/mol. The first-order chi connectivity index (χ1) is 9.33. The topological polar surface area (TPSA) is 20.3 Å². The van der Waals surface area contributed by atoms with E-state index in [0.29, 0.717) is 20.6 Å². The molecule has 0 aromatic heterocycles. The molecule has 1 aromatic carbocycles. The molecular formula is C15H20Cl3NO. The highest BCUT2D eigenvalue weighted by Crippen LogP contribution is 2.30. The Balaban J connectivity index is 3.22. The summed E-state index contributed by atoms with van der Waals surface area (Å²) in [5.74, 6) is -0.0998. The summed E-state index contributed by atoms with van der Waals surface area (Å²) in [5.41, 5.74) is 0.404. The Hall–Kier alpha value is -0.440. The lowest BCUT2D eigenvalue weighted by atomic mass is 10.1. The molecule has 1 rings (SSSR count). The zero-order valence-electron chi connectivity index (χ0n) is 12.2. The second-order valence-electron chi connectivity index (χ2n) is 4.97. The minimum absolute atomic E-state index is 0.0998. The fourth-order valence-corrected chi connectivity index (χ4v) is 2.68. The van der Waals surface area contributed by atoms with Crippen LogP contribution in [0.5, 0.6) is 0 Å². The van der Waals surface area contributed by atoms with Gasteiger partial charge < -0.3 is 4.90 Å². The van der Waals surface area contributed by atoms with Crippen LogP contribution >= 0.6 is 34.8 Å². The number of hydrogen-bond donors (Lipinski definition) is 0. The van der Waals surface area contributed by atoms with Crippen LogP contribution < -0.4 is 0 Å². The Kier molecular flexibility index (Phi) is 6.63. The molecule has 0 heterocycles. The summed E-state index contributed by atoms with van der Waals surface area (Å²) in [5, 5.41) is 1.03. The van der Waals surface area contributed by atoms with Crippen LogP contribution in [0, 0.1) is 0 Å². The number of halogens is 3. The lowest BCUT2D eigenvalue weighted by Gasteiger charge is -2.34. The number of nitrogens with zero attached hydrogens (tertiary/aromatic N) is 1. The maximum absolute atomic E-state index is 12.8. The molecule has 0 fully saturated rings. The van der Waals surface area contributed by atoms with E-state index in [4.69, 9.17) is 34.8 Å². The first-order valence-corrected chi connectivity index (χ1v) is 7.94. The minimum Gasteiger partial charge on any atom is -0.333 e. The van der Waals surface area contributed by atoms with Crippen molar-refractivity contribution in [2.24, 2.45) is 0 Å². The van der Waals surface area contributed by atoms with Crippen LogP contribution in [0.3, 0.4) is 0 Å². The normalized spacial score (nSPS) is 13.9. The largest absolute Gasteiger partial charge is 0.333 e. The number of rotatable bonds is 5. The molecular weight excluding hydrogens is 317 g/mol. The fourth-order valence-electron chi connectivity index (χ4n) is 2.05. The maximum atomic E-state index is 12.8. The van der Waals surface area contributed by atoms with Crippen LogP contribution in [-0.4, -0.2) is 22.9 Å². The molecule has 0 aliphatic rings. The van der Waals surface area contributed by atoms with Crippen molar-refractivity contribution in [1.29, 1.82) is 0 Å². The molecule has 112 valence electrons. The van der Waals surface area contributed by atoms with E-state index < -0.39 is 0 Å². The van der Waals surface area contributed by atoms with Crippen molar-refractivity contribution in [3.8, 4) is 0 Å². The zero-order valence-corrected chi connectivity index (χ0v) is 14.5. The van der Waals surface area contributed by atoms with E-state index in [-0.39, 0.29) is 18.0 Å². The van der Waals surface area contributed by atoms with Gasteiger partial charge in [0.1, 0.15) is 0 Å². The van der Waals surface area contributed by atoms with Crippen molar-refractivity contribution in [3.63, 3.8) is 0 Å². The predicted octanol–water partition coefficient (Wildman–Crippen LogP) is 5.69. The highest BCUT2D eigenvalue weighted by Gasteiger charge is 2.26. The molecule has 0 spiro atoms. The van der Waals surface area contributed by atoms with Crippen molar-refractivity contribution in [2.75, 3.05) is 0 Å². The van der Waals surface area contributed by atoms with E-state index in [1.54, 1.807) is 6.07 Å². The van der Waals surface area contributed by atoms with Gasteiger partial charge in [-0.05, 0) is 38.8 Å². The third-order valence-corrected chi connectivity index (χ3v) is 4.64. The van der Waals surface area contributed by atoms with E-state index in [0.717, 1.165) is 12.8 Å². The zero-order chi connectivity index (χ0) is 15.4. The van der Waals surface area contributed by atoms with Crippen molar-refractivity contribution in [1.82, 2.24) is 4.90 Å². The average molecular weight is 337 g/mol. The molecule has 2 nitrogen and oxygen atoms in total. The van der Waals surface area contributed by atoms with E-state index in [9.17, 15) is 4.79 Å². The molecule has 1 aromatic rings. The van der Waals surface area contributed by atoms with Crippen molar-refractivity contribution >= 4 is 40.7 Å². The van der Waals surface area contributed by atoms with Gasteiger partial charge in [0.05, 0.1) is 20.6 Å². The van der Waals surface area contributed by atoms with Crippen LogP contribution in [0.15, 0.2) is 12.1 Å². The van der Waals surface area contributed by atoms with E-state index in [1.807, 2.05) is 18.7 Å². The highest BCUT2D eigenvalue weighted by atomic mass is 35.5. The Morgan fingerprint density at radius 1 is 1.00 bits per heavy atom. The van der Waals surface area contributed by atoms with Crippen LogP contribution in [0.25, 0.3) is 0 Å². The summed E-state index contributed by atoms with van der Waals surface area (Å²) in [6.45, 7) is 8.19. The summed E-state index contributed by atoms with van der Waals surface area (Å²) in [4.78, 5) is 14.6. The van der Waals surface area contributed by atoms with Crippen molar-refractivity contribution in [3.05, 3.63) is 32.8 Å². The summed E-state index contributed by atoms with van der Waals surface area (Å²) in [6, 6.07) is 3.35. The molecule has 2 atom stereocenters. The van der Waals surface area contributed by atoms with Gasteiger partial charge in [0.15, 0.2) is 0 Å². The van der Waals surface area contributed by atoms with Crippen LogP contribution in [0.1, 0.15) is 50.9 Å². The van der Waals surface area contributed by atoms with Gasteiger partial charge in [0, 0.05) is 12.1 Å². The van der Waals surface area contributed by atoms with Gasteiger partial charge in [0.2, 0.25) is 0 Å². The number of benzene rings is 1. The number of carbonyl (C=O) groups is 1. The van der Waals surface area contributed by atoms with E-state index in [1.165, 1.54) is 6.07 Å². The van der Waals surface area contributed by atoms with Gasteiger partial charge >= 0.3 is 0 Å². The molecule has 0 aliphatic carbocycles. The molecule has 0 radical (unpaired) electrons. The van der Waals surface area contributed by atoms with Crippen LogP contribution in [0.4, 0.5) is 0 Å². The lowest BCUT2D eigenvalue weighted by Crippen LogP contribution is -2.44. The molecule has 1 amide bonds. The molecule has 20 heavy (non-hydrogen) atoms. The van der Waals surface area contributed by atoms with Gasteiger partial charge in [0.25, 0.3) is 5.91 Å². The number of carbonyl (C=O) groups excluding carboxylic acids is 1. The van der Waals surface area contributed by atoms with Gasteiger partial charge in [-0.2, -0.15) is 0 Å². The Morgan fingerprint density at radius 2 is 1.45 bits per heavy atom. The standard InChI is InChI=1S/C15H20Cl3NO/c1-5-9(3)19(10(4)6-2)15(20)11-7-13(17)14(18)8-12(11)16/h7-10H,5-6H2,1-4H3. The number of amides is 1. The molecule has 0 saturated carbocycles. The molecule has 0 N–H and O–H groups in total. The smallest absolute Gasteiger partial charge is 0.255 e. The van der Waals surface area contributed by atoms with Crippen molar-refractivity contribution < 1.29 is 4.79 Å². The second-order valence-corrected chi connectivity index (χ2v) is 6.19. The highest BCUT2D eigenvalue weighted by molar-refractivity contribution is 6.44. The van der Waals surface area contributed by atoms with Gasteiger partial charge in [-0.1, -0.05) is 48.7 Å². The quantitative estimate of drug-likeness (QED) is 0.633. The first-order valence-electron chi connectivity index (χ1n) is 6.80. The Labute approximate surface area is 136 Å². The van der Waals surface area contributed by atoms with Crippen LogP contribution in [0.2, 0.25) is 15.1 Å². The average Bonchev–Trinajstić information content (AvgIpc) is 2.42. The van der Waals surface area contributed by atoms with Gasteiger partial charge in [-0.15, -0.1) is 0 Å².